The lowest BCUT2D eigenvalue weighted by molar-refractivity contribution is -0.122. The molecule has 0 saturated heterocycles. The molecule has 1 rings (SSSR count). The van der Waals surface area contributed by atoms with Gasteiger partial charge in [-0.25, -0.2) is 0 Å². The average Bonchev–Trinajstić information content (AvgIpc) is 2.84. The lowest BCUT2D eigenvalue weighted by Gasteiger charge is -2.14. The SMILES string of the molecule is CSc1nnc(CCCNC(=O)[C@@H](N)CC(C)C)n1CC(C)C. The molecule has 6 nitrogen and oxygen atoms in total. The lowest BCUT2D eigenvalue weighted by atomic mass is 10.0. The molecule has 7 heteroatoms. The number of nitrogens with zero attached hydrogens (tertiary/aromatic N) is 3. The van der Waals surface area contributed by atoms with Crippen LogP contribution in [0.15, 0.2) is 5.16 Å². The van der Waals surface area contributed by atoms with Crippen LogP contribution in [-0.4, -0.2) is 39.5 Å². The maximum absolute atomic E-state index is 11.9. The molecule has 1 heterocycles. The molecule has 0 spiro atoms. The largest absolute Gasteiger partial charge is 0.355 e. The van der Waals surface area contributed by atoms with E-state index in [1.54, 1.807) is 11.8 Å². The fraction of sp³-hybridized carbons (Fsp3) is 0.812. The Morgan fingerprint density at radius 1 is 1.26 bits per heavy atom. The van der Waals surface area contributed by atoms with Gasteiger partial charge in [0.15, 0.2) is 5.16 Å². The zero-order valence-corrected chi connectivity index (χ0v) is 15.8. The minimum atomic E-state index is -0.414. The molecule has 132 valence electrons. The molecule has 0 saturated carbocycles. The molecule has 23 heavy (non-hydrogen) atoms. The second-order valence-electron chi connectivity index (χ2n) is 6.74. The molecule has 0 aromatic carbocycles. The summed E-state index contributed by atoms with van der Waals surface area (Å²) in [6.45, 7) is 10.0. The Kier molecular flexibility index (Phi) is 8.62. The van der Waals surface area contributed by atoms with Crippen molar-refractivity contribution in [1.82, 2.24) is 20.1 Å². The highest BCUT2D eigenvalue weighted by molar-refractivity contribution is 7.98. The maximum Gasteiger partial charge on any atom is 0.236 e. The van der Waals surface area contributed by atoms with Crippen LogP contribution in [0.3, 0.4) is 0 Å². The predicted molar refractivity (Wildman–Crippen MR) is 95.4 cm³/mol. The maximum atomic E-state index is 11.9. The van der Waals surface area contributed by atoms with Crippen LogP contribution in [0.1, 0.15) is 46.4 Å². The van der Waals surface area contributed by atoms with Gasteiger partial charge in [-0.05, 0) is 30.9 Å². The minimum absolute atomic E-state index is 0.0628. The summed E-state index contributed by atoms with van der Waals surface area (Å²) in [5.41, 5.74) is 5.87. The van der Waals surface area contributed by atoms with Crippen LogP contribution < -0.4 is 11.1 Å². The van der Waals surface area contributed by atoms with Crippen molar-refractivity contribution in [2.75, 3.05) is 12.8 Å². The zero-order chi connectivity index (χ0) is 17.4. The summed E-state index contributed by atoms with van der Waals surface area (Å²) in [4.78, 5) is 11.9. The number of nitrogens with one attached hydrogen (secondary N) is 1. The van der Waals surface area contributed by atoms with Gasteiger partial charge in [0.2, 0.25) is 5.91 Å². The standard InChI is InChI=1S/C16H31N5OS/c1-11(2)9-13(17)15(22)18-8-6-7-14-19-20-16(23-5)21(14)10-12(3)4/h11-13H,6-10,17H2,1-5H3,(H,18,22)/t13-/m0/s1. The summed E-state index contributed by atoms with van der Waals surface area (Å²) in [6, 6.07) is -0.414. The molecular weight excluding hydrogens is 310 g/mol. The molecule has 0 aliphatic rings. The number of aromatic nitrogens is 3. The smallest absolute Gasteiger partial charge is 0.236 e. The van der Waals surface area contributed by atoms with Crippen molar-refractivity contribution in [2.45, 2.75) is 64.7 Å². The van der Waals surface area contributed by atoms with Crippen LogP contribution in [0.2, 0.25) is 0 Å². The Morgan fingerprint density at radius 3 is 2.52 bits per heavy atom. The molecule has 1 aromatic rings. The van der Waals surface area contributed by atoms with Gasteiger partial charge in [-0.2, -0.15) is 0 Å². The van der Waals surface area contributed by atoms with E-state index < -0.39 is 6.04 Å². The first-order valence-corrected chi connectivity index (χ1v) is 9.57. The van der Waals surface area contributed by atoms with E-state index in [1.807, 2.05) is 6.26 Å². The molecule has 0 aliphatic heterocycles. The Bertz CT molecular complexity index is 487. The Hall–Kier alpha value is -1.08. The van der Waals surface area contributed by atoms with Crippen LogP contribution in [-0.2, 0) is 17.8 Å². The van der Waals surface area contributed by atoms with Gasteiger partial charge in [-0.15, -0.1) is 10.2 Å². The van der Waals surface area contributed by atoms with Gasteiger partial charge in [0.1, 0.15) is 5.82 Å². The van der Waals surface area contributed by atoms with E-state index in [4.69, 9.17) is 5.73 Å². The zero-order valence-electron chi connectivity index (χ0n) is 15.0. The van der Waals surface area contributed by atoms with E-state index in [9.17, 15) is 4.79 Å². The van der Waals surface area contributed by atoms with Gasteiger partial charge in [-0.1, -0.05) is 39.5 Å². The van der Waals surface area contributed by atoms with Crippen molar-refractivity contribution in [2.24, 2.45) is 17.6 Å². The van der Waals surface area contributed by atoms with Crippen LogP contribution >= 0.6 is 11.8 Å². The number of aryl methyl sites for hydroxylation is 1. The number of nitrogens with two attached hydrogens (primary N) is 1. The highest BCUT2D eigenvalue weighted by Gasteiger charge is 2.15. The molecule has 0 aliphatic carbocycles. The van der Waals surface area contributed by atoms with Crippen LogP contribution in [0, 0.1) is 11.8 Å². The quantitative estimate of drug-likeness (QED) is 0.503. The van der Waals surface area contributed by atoms with Crippen molar-refractivity contribution < 1.29 is 4.79 Å². The van der Waals surface area contributed by atoms with Gasteiger partial charge in [-0.3, -0.25) is 4.79 Å². The van der Waals surface area contributed by atoms with E-state index in [1.165, 1.54) is 0 Å². The summed E-state index contributed by atoms with van der Waals surface area (Å²) in [7, 11) is 0. The third-order valence-corrected chi connectivity index (χ3v) is 4.13. The second kappa shape index (κ2) is 9.93. The first-order valence-electron chi connectivity index (χ1n) is 8.34. The number of amides is 1. The second-order valence-corrected chi connectivity index (χ2v) is 7.51. The Labute approximate surface area is 144 Å². The van der Waals surface area contributed by atoms with E-state index in [0.29, 0.717) is 24.8 Å². The van der Waals surface area contributed by atoms with Crippen molar-refractivity contribution in [3.8, 4) is 0 Å². The first-order chi connectivity index (χ1) is 10.8. The van der Waals surface area contributed by atoms with E-state index in [0.717, 1.165) is 30.4 Å². The van der Waals surface area contributed by atoms with Crippen LogP contribution in [0.5, 0.6) is 0 Å². The number of thioether (sulfide) groups is 1. The first kappa shape index (κ1) is 20.0. The van der Waals surface area contributed by atoms with Gasteiger partial charge < -0.3 is 15.6 Å². The molecule has 0 unspecified atom stereocenters. The van der Waals surface area contributed by atoms with Crippen molar-refractivity contribution >= 4 is 17.7 Å². The van der Waals surface area contributed by atoms with Crippen LogP contribution in [0.25, 0.3) is 0 Å². The van der Waals surface area contributed by atoms with Gasteiger partial charge in [0.25, 0.3) is 0 Å². The normalized spacial score (nSPS) is 12.9. The van der Waals surface area contributed by atoms with Crippen molar-refractivity contribution in [1.29, 1.82) is 0 Å². The molecule has 1 aromatic heterocycles. The summed E-state index contributed by atoms with van der Waals surface area (Å²) >= 11 is 1.61. The molecular formula is C16H31N5OS. The summed E-state index contributed by atoms with van der Waals surface area (Å²) in [6.07, 6.45) is 4.37. The van der Waals surface area contributed by atoms with Crippen molar-refractivity contribution in [3.05, 3.63) is 5.82 Å². The molecule has 0 bridgehead atoms. The predicted octanol–water partition coefficient (Wildman–Crippen LogP) is 2.08. The fourth-order valence-corrected chi connectivity index (χ4v) is 2.93. The highest BCUT2D eigenvalue weighted by atomic mass is 32.2. The monoisotopic (exact) mass is 341 g/mol. The number of hydrogen-bond acceptors (Lipinski definition) is 5. The topological polar surface area (TPSA) is 85.8 Å². The number of carbonyl (C=O) groups is 1. The number of rotatable bonds is 10. The third kappa shape index (κ3) is 6.91. The lowest BCUT2D eigenvalue weighted by Crippen LogP contribution is -2.41. The molecule has 0 fully saturated rings. The van der Waals surface area contributed by atoms with Crippen molar-refractivity contribution in [3.63, 3.8) is 0 Å². The van der Waals surface area contributed by atoms with E-state index >= 15 is 0 Å². The molecule has 1 atom stereocenters. The molecule has 0 radical (unpaired) electrons. The number of hydrogen-bond donors (Lipinski definition) is 2. The van der Waals surface area contributed by atoms with Crippen LogP contribution in [0.4, 0.5) is 0 Å². The van der Waals surface area contributed by atoms with Gasteiger partial charge in [0, 0.05) is 19.5 Å². The van der Waals surface area contributed by atoms with E-state index in [-0.39, 0.29) is 5.91 Å². The Morgan fingerprint density at radius 2 is 1.96 bits per heavy atom. The fourth-order valence-electron chi connectivity index (χ4n) is 2.41. The average molecular weight is 342 g/mol. The van der Waals surface area contributed by atoms with Gasteiger partial charge in [0.05, 0.1) is 6.04 Å². The summed E-state index contributed by atoms with van der Waals surface area (Å²) in [5.74, 6) is 1.90. The third-order valence-electron chi connectivity index (χ3n) is 3.46. The van der Waals surface area contributed by atoms with E-state index in [2.05, 4.69) is 47.8 Å². The molecule has 1 amide bonds. The summed E-state index contributed by atoms with van der Waals surface area (Å²) < 4.78 is 2.18. The highest BCUT2D eigenvalue weighted by Crippen LogP contribution is 2.16. The summed E-state index contributed by atoms with van der Waals surface area (Å²) in [5, 5.41) is 12.4. The van der Waals surface area contributed by atoms with Gasteiger partial charge >= 0.3 is 0 Å². The Balaban J connectivity index is 2.44. The minimum Gasteiger partial charge on any atom is -0.355 e. The molecule has 3 N–H and O–H groups in total. The number of carbonyl (C=O) groups excluding carboxylic acids is 1.